The van der Waals surface area contributed by atoms with Crippen molar-refractivity contribution in [3.05, 3.63) is 71.3 Å². The van der Waals surface area contributed by atoms with E-state index in [-0.39, 0.29) is 12.7 Å². The Bertz CT molecular complexity index is 715. The minimum atomic E-state index is -0.826. The van der Waals surface area contributed by atoms with Crippen molar-refractivity contribution in [2.24, 2.45) is 0 Å². The van der Waals surface area contributed by atoms with Gasteiger partial charge < -0.3 is 9.84 Å². The maximum absolute atomic E-state index is 12.2. The lowest BCUT2D eigenvalue weighted by Gasteiger charge is -2.44. The van der Waals surface area contributed by atoms with E-state index in [0.717, 1.165) is 17.5 Å². The Morgan fingerprint density at radius 1 is 1.09 bits per heavy atom. The van der Waals surface area contributed by atoms with Gasteiger partial charge in [0.2, 0.25) is 0 Å². The van der Waals surface area contributed by atoms with Gasteiger partial charge >= 0.3 is 6.09 Å². The number of rotatable bonds is 2. The first kappa shape index (κ1) is 13.3. The van der Waals surface area contributed by atoms with Gasteiger partial charge in [0, 0.05) is 6.54 Å². The van der Waals surface area contributed by atoms with Gasteiger partial charge in [-0.15, -0.1) is 0 Å². The summed E-state index contributed by atoms with van der Waals surface area (Å²) in [5.41, 5.74) is 2.13. The lowest BCUT2D eigenvalue weighted by molar-refractivity contribution is -0.00351. The van der Waals surface area contributed by atoms with Gasteiger partial charge in [-0.1, -0.05) is 54.6 Å². The van der Waals surface area contributed by atoms with E-state index in [2.05, 4.69) is 6.07 Å². The fraction of sp³-hybridized carbons (Fsp3) is 0.278. The second-order valence-electron chi connectivity index (χ2n) is 5.85. The fourth-order valence-corrected chi connectivity index (χ4v) is 3.68. The first-order valence-corrected chi connectivity index (χ1v) is 7.49. The zero-order chi connectivity index (χ0) is 15.2. The van der Waals surface area contributed by atoms with Crippen LogP contribution in [0.3, 0.4) is 0 Å². The normalized spacial score (nSPS) is 24.4. The second kappa shape index (κ2) is 4.85. The molecule has 4 rings (SSSR count). The molecule has 2 aromatic rings. The molecule has 4 heteroatoms. The zero-order valence-electron chi connectivity index (χ0n) is 12.1. The average molecular weight is 295 g/mol. The Hall–Kier alpha value is -2.33. The molecule has 2 aliphatic heterocycles. The van der Waals surface area contributed by atoms with Gasteiger partial charge in [0.15, 0.2) is 0 Å². The molecule has 22 heavy (non-hydrogen) atoms. The first-order chi connectivity index (χ1) is 10.7. The predicted molar refractivity (Wildman–Crippen MR) is 81.3 cm³/mol. The summed E-state index contributed by atoms with van der Waals surface area (Å²) in [5.74, 6) is 0. The number of hydrogen-bond donors (Lipinski definition) is 1. The SMILES string of the molecule is O=C1OCC2(C(O)c3ccccc3)c3ccccc3CCN12. The molecule has 1 saturated heterocycles. The van der Waals surface area contributed by atoms with Crippen LogP contribution in [0.1, 0.15) is 22.8 Å². The van der Waals surface area contributed by atoms with E-state index in [4.69, 9.17) is 4.74 Å². The topological polar surface area (TPSA) is 49.8 Å². The van der Waals surface area contributed by atoms with Gasteiger partial charge in [0.1, 0.15) is 18.2 Å². The molecular weight excluding hydrogens is 278 g/mol. The third kappa shape index (κ3) is 1.70. The highest BCUT2D eigenvalue weighted by molar-refractivity contribution is 5.73. The number of aliphatic hydroxyl groups excluding tert-OH is 1. The van der Waals surface area contributed by atoms with Crippen LogP contribution in [0, 0.1) is 0 Å². The van der Waals surface area contributed by atoms with Gasteiger partial charge in [0.05, 0.1) is 0 Å². The van der Waals surface area contributed by atoms with Crippen molar-refractivity contribution in [3.63, 3.8) is 0 Å². The number of cyclic esters (lactones) is 1. The summed E-state index contributed by atoms with van der Waals surface area (Å²) in [6, 6.07) is 17.5. The first-order valence-electron chi connectivity index (χ1n) is 7.49. The highest BCUT2D eigenvalue weighted by atomic mass is 16.6. The van der Waals surface area contributed by atoms with Gasteiger partial charge in [-0.25, -0.2) is 4.79 Å². The number of benzene rings is 2. The summed E-state index contributed by atoms with van der Waals surface area (Å²) in [6.45, 7) is 0.749. The van der Waals surface area contributed by atoms with Gasteiger partial charge in [-0.05, 0) is 23.1 Å². The molecule has 0 aliphatic carbocycles. The largest absolute Gasteiger partial charge is 0.446 e. The summed E-state index contributed by atoms with van der Waals surface area (Å²) >= 11 is 0. The van der Waals surface area contributed by atoms with E-state index in [1.807, 2.05) is 48.5 Å². The van der Waals surface area contributed by atoms with Crippen molar-refractivity contribution < 1.29 is 14.6 Å². The summed E-state index contributed by atoms with van der Waals surface area (Å²) in [5, 5.41) is 11.1. The van der Waals surface area contributed by atoms with E-state index >= 15 is 0 Å². The van der Waals surface area contributed by atoms with Crippen molar-refractivity contribution in [1.29, 1.82) is 0 Å². The predicted octanol–water partition coefficient (Wildman–Crippen LogP) is 2.62. The highest BCUT2D eigenvalue weighted by Crippen LogP contribution is 2.48. The molecule has 2 atom stereocenters. The number of amides is 1. The Morgan fingerprint density at radius 2 is 1.82 bits per heavy atom. The summed E-state index contributed by atoms with van der Waals surface area (Å²) in [4.78, 5) is 13.8. The Kier molecular flexibility index (Phi) is 2.94. The van der Waals surface area contributed by atoms with Gasteiger partial charge in [-0.3, -0.25) is 4.90 Å². The highest BCUT2D eigenvalue weighted by Gasteiger charge is 2.56. The molecule has 2 aromatic carbocycles. The van der Waals surface area contributed by atoms with Crippen molar-refractivity contribution in [2.45, 2.75) is 18.1 Å². The molecule has 1 N–H and O–H groups in total. The molecule has 0 bridgehead atoms. The standard InChI is InChI=1S/C18H17NO3/c20-16(14-7-2-1-3-8-14)18-12-22-17(21)19(18)11-10-13-6-4-5-9-15(13)18/h1-9,16,20H,10-12H2. The Morgan fingerprint density at radius 3 is 2.64 bits per heavy atom. The lowest BCUT2D eigenvalue weighted by Crippen LogP contribution is -2.53. The molecule has 2 aliphatic rings. The molecule has 2 heterocycles. The number of carbonyl (C=O) groups is 1. The van der Waals surface area contributed by atoms with Crippen LogP contribution in [0.4, 0.5) is 4.79 Å². The molecule has 1 fully saturated rings. The zero-order valence-corrected chi connectivity index (χ0v) is 12.1. The minimum Gasteiger partial charge on any atom is -0.446 e. The molecule has 2 unspecified atom stereocenters. The smallest absolute Gasteiger partial charge is 0.410 e. The van der Waals surface area contributed by atoms with E-state index in [0.29, 0.717) is 6.54 Å². The van der Waals surface area contributed by atoms with Crippen LogP contribution in [0.5, 0.6) is 0 Å². The molecule has 1 amide bonds. The van der Waals surface area contributed by atoms with Crippen LogP contribution >= 0.6 is 0 Å². The molecular formula is C18H17NO3. The number of aliphatic hydroxyl groups is 1. The maximum atomic E-state index is 12.2. The molecule has 0 spiro atoms. The van der Waals surface area contributed by atoms with Crippen LogP contribution in [-0.4, -0.2) is 29.3 Å². The molecule has 4 nitrogen and oxygen atoms in total. The summed E-state index contributed by atoms with van der Waals surface area (Å²) < 4.78 is 5.33. The third-order valence-corrected chi connectivity index (χ3v) is 4.77. The van der Waals surface area contributed by atoms with Crippen molar-refractivity contribution >= 4 is 6.09 Å². The molecule has 0 aromatic heterocycles. The van der Waals surface area contributed by atoms with Gasteiger partial charge in [-0.2, -0.15) is 0 Å². The third-order valence-electron chi connectivity index (χ3n) is 4.77. The average Bonchev–Trinajstić information content (AvgIpc) is 2.93. The maximum Gasteiger partial charge on any atom is 0.410 e. The van der Waals surface area contributed by atoms with Gasteiger partial charge in [0.25, 0.3) is 0 Å². The number of carbonyl (C=O) groups excluding carboxylic acids is 1. The van der Waals surface area contributed by atoms with E-state index < -0.39 is 11.6 Å². The van der Waals surface area contributed by atoms with E-state index in [9.17, 15) is 9.90 Å². The molecule has 112 valence electrons. The van der Waals surface area contributed by atoms with Crippen LogP contribution in [-0.2, 0) is 16.7 Å². The van der Waals surface area contributed by atoms with E-state index in [1.54, 1.807) is 4.90 Å². The van der Waals surface area contributed by atoms with Crippen molar-refractivity contribution in [3.8, 4) is 0 Å². The summed E-state index contributed by atoms with van der Waals surface area (Å²) in [6.07, 6.45) is -0.375. The van der Waals surface area contributed by atoms with Crippen LogP contribution in [0.15, 0.2) is 54.6 Å². The fourth-order valence-electron chi connectivity index (χ4n) is 3.68. The molecule has 0 radical (unpaired) electrons. The van der Waals surface area contributed by atoms with E-state index in [1.165, 1.54) is 5.56 Å². The lowest BCUT2D eigenvalue weighted by atomic mass is 9.76. The minimum absolute atomic E-state index is 0.179. The Labute approximate surface area is 128 Å². The molecule has 0 saturated carbocycles. The Balaban J connectivity index is 1.90. The number of hydrogen-bond acceptors (Lipinski definition) is 3. The summed E-state index contributed by atoms with van der Waals surface area (Å²) in [7, 11) is 0. The van der Waals surface area contributed by atoms with Crippen LogP contribution in [0.25, 0.3) is 0 Å². The van der Waals surface area contributed by atoms with Crippen LogP contribution in [0.2, 0.25) is 0 Å². The van der Waals surface area contributed by atoms with Crippen molar-refractivity contribution in [2.75, 3.05) is 13.2 Å². The second-order valence-corrected chi connectivity index (χ2v) is 5.85. The number of nitrogens with zero attached hydrogens (tertiary/aromatic N) is 1. The monoisotopic (exact) mass is 295 g/mol. The number of fused-ring (bicyclic) bond motifs is 3. The van der Waals surface area contributed by atoms with Crippen LogP contribution < -0.4 is 0 Å². The number of ether oxygens (including phenoxy) is 1. The van der Waals surface area contributed by atoms with Crippen molar-refractivity contribution in [1.82, 2.24) is 4.90 Å². The quantitative estimate of drug-likeness (QED) is 0.926.